The second-order valence-electron chi connectivity index (χ2n) is 5.19. The van der Waals surface area contributed by atoms with Gasteiger partial charge in [0.25, 0.3) is 0 Å². The van der Waals surface area contributed by atoms with Gasteiger partial charge in [0.2, 0.25) is 0 Å². The van der Waals surface area contributed by atoms with Gasteiger partial charge in [0.15, 0.2) is 0 Å². The number of nitrogens with one attached hydrogen (secondary N) is 1. The summed E-state index contributed by atoms with van der Waals surface area (Å²) in [5, 5.41) is 12.9. The molecule has 1 aromatic carbocycles. The molecular weight excluding hydrogens is 270 g/mol. The molecule has 1 aliphatic heterocycles. The van der Waals surface area contributed by atoms with Crippen LogP contribution in [0.2, 0.25) is 0 Å². The maximum absolute atomic E-state index is 9.77. The van der Waals surface area contributed by atoms with Gasteiger partial charge in [-0.3, -0.25) is 0 Å². The molecule has 1 heterocycles. The minimum atomic E-state index is -0.497. The van der Waals surface area contributed by atoms with E-state index in [0.717, 1.165) is 25.2 Å². The second kappa shape index (κ2) is 9.73. The second-order valence-corrected chi connectivity index (χ2v) is 5.19. The van der Waals surface area contributed by atoms with Crippen molar-refractivity contribution in [3.63, 3.8) is 0 Å². The van der Waals surface area contributed by atoms with E-state index in [1.807, 2.05) is 30.3 Å². The lowest BCUT2D eigenvalue weighted by atomic mass is 10.2. The number of hydrogen-bond donors (Lipinski definition) is 2. The van der Waals surface area contributed by atoms with Crippen LogP contribution in [-0.2, 0) is 9.47 Å². The van der Waals surface area contributed by atoms with E-state index in [-0.39, 0.29) is 6.10 Å². The number of hydrogen-bond acceptors (Lipinski definition) is 5. The molecule has 0 aromatic heterocycles. The maximum atomic E-state index is 9.77. The van der Waals surface area contributed by atoms with Crippen molar-refractivity contribution in [2.75, 3.05) is 39.5 Å². The van der Waals surface area contributed by atoms with Crippen LogP contribution < -0.4 is 10.1 Å². The molecule has 0 radical (unpaired) electrons. The quantitative estimate of drug-likeness (QED) is 0.635. The van der Waals surface area contributed by atoms with E-state index in [4.69, 9.17) is 14.2 Å². The molecule has 118 valence electrons. The number of benzene rings is 1. The predicted octanol–water partition coefficient (Wildman–Crippen LogP) is 1.21. The fourth-order valence-corrected chi connectivity index (χ4v) is 2.20. The average molecular weight is 295 g/mol. The Balaban J connectivity index is 1.42. The molecule has 2 rings (SSSR count). The van der Waals surface area contributed by atoms with E-state index in [9.17, 15) is 5.11 Å². The molecule has 21 heavy (non-hydrogen) atoms. The molecule has 1 aromatic rings. The monoisotopic (exact) mass is 295 g/mol. The third-order valence-corrected chi connectivity index (χ3v) is 3.31. The minimum Gasteiger partial charge on any atom is -0.492 e. The van der Waals surface area contributed by atoms with Crippen LogP contribution in [0.4, 0.5) is 0 Å². The molecule has 2 unspecified atom stereocenters. The lowest BCUT2D eigenvalue weighted by Crippen LogP contribution is -2.33. The molecule has 2 atom stereocenters. The van der Waals surface area contributed by atoms with Crippen molar-refractivity contribution in [1.82, 2.24) is 5.32 Å². The zero-order valence-electron chi connectivity index (χ0n) is 12.4. The van der Waals surface area contributed by atoms with Gasteiger partial charge in [0.05, 0.1) is 25.4 Å². The van der Waals surface area contributed by atoms with Crippen LogP contribution in [0.1, 0.15) is 12.8 Å². The van der Waals surface area contributed by atoms with Gasteiger partial charge >= 0.3 is 0 Å². The summed E-state index contributed by atoms with van der Waals surface area (Å²) in [7, 11) is 0. The molecule has 1 saturated heterocycles. The first-order chi connectivity index (χ1) is 10.3. The zero-order chi connectivity index (χ0) is 14.8. The highest BCUT2D eigenvalue weighted by molar-refractivity contribution is 5.20. The fourth-order valence-electron chi connectivity index (χ4n) is 2.20. The standard InChI is InChI=1S/C16H25NO4/c18-14(12-19-13-16-7-4-9-20-16)11-17-8-10-21-15-5-2-1-3-6-15/h1-3,5-6,14,16-18H,4,7-13H2. The van der Waals surface area contributed by atoms with E-state index in [1.54, 1.807) is 0 Å². The minimum absolute atomic E-state index is 0.212. The molecule has 0 amide bonds. The van der Waals surface area contributed by atoms with Gasteiger partial charge in [-0.2, -0.15) is 0 Å². The van der Waals surface area contributed by atoms with E-state index in [1.165, 1.54) is 0 Å². The van der Waals surface area contributed by atoms with Crippen LogP contribution in [0, 0.1) is 0 Å². The third kappa shape index (κ3) is 6.91. The highest BCUT2D eigenvalue weighted by Gasteiger charge is 2.15. The van der Waals surface area contributed by atoms with Gasteiger partial charge in [-0.05, 0) is 25.0 Å². The summed E-state index contributed by atoms with van der Waals surface area (Å²) in [4.78, 5) is 0. The van der Waals surface area contributed by atoms with E-state index < -0.39 is 6.10 Å². The Kier molecular flexibility index (Phi) is 7.53. The highest BCUT2D eigenvalue weighted by Crippen LogP contribution is 2.11. The van der Waals surface area contributed by atoms with Crippen LogP contribution in [0.3, 0.4) is 0 Å². The topological polar surface area (TPSA) is 60.0 Å². The summed E-state index contributed by atoms with van der Waals surface area (Å²) in [6.07, 6.45) is 1.89. The zero-order valence-corrected chi connectivity index (χ0v) is 12.4. The van der Waals surface area contributed by atoms with E-state index in [0.29, 0.717) is 32.9 Å². The lowest BCUT2D eigenvalue weighted by molar-refractivity contribution is -0.0164. The Bertz CT molecular complexity index is 368. The number of aliphatic hydroxyl groups excluding tert-OH is 1. The lowest BCUT2D eigenvalue weighted by Gasteiger charge is -2.14. The number of aliphatic hydroxyl groups is 1. The molecule has 2 N–H and O–H groups in total. The summed E-state index contributed by atoms with van der Waals surface area (Å²) in [5.41, 5.74) is 0. The molecule has 0 saturated carbocycles. The molecule has 0 bridgehead atoms. The van der Waals surface area contributed by atoms with Crippen LogP contribution in [0.5, 0.6) is 5.75 Å². The Morgan fingerprint density at radius 2 is 2.19 bits per heavy atom. The molecule has 5 heteroatoms. The summed E-state index contributed by atoms with van der Waals surface area (Å²) < 4.78 is 16.5. The highest BCUT2D eigenvalue weighted by atomic mass is 16.5. The van der Waals surface area contributed by atoms with Crippen molar-refractivity contribution in [3.8, 4) is 5.75 Å². The summed E-state index contributed by atoms with van der Waals surface area (Å²) in [5.74, 6) is 0.861. The first-order valence-corrected chi connectivity index (χ1v) is 7.60. The van der Waals surface area contributed by atoms with Gasteiger partial charge in [-0.25, -0.2) is 0 Å². The summed E-state index contributed by atoms with van der Waals surface area (Å²) in [6.45, 7) is 3.52. The van der Waals surface area contributed by atoms with E-state index >= 15 is 0 Å². The number of ether oxygens (including phenoxy) is 3. The fraction of sp³-hybridized carbons (Fsp3) is 0.625. The van der Waals surface area contributed by atoms with Crippen molar-refractivity contribution in [1.29, 1.82) is 0 Å². The van der Waals surface area contributed by atoms with Gasteiger partial charge in [-0.1, -0.05) is 18.2 Å². The first kappa shape index (κ1) is 16.2. The molecule has 0 aliphatic carbocycles. The van der Waals surface area contributed by atoms with Crippen molar-refractivity contribution < 1.29 is 19.3 Å². The van der Waals surface area contributed by atoms with Gasteiger partial charge < -0.3 is 24.6 Å². The Morgan fingerprint density at radius 1 is 1.33 bits per heavy atom. The maximum Gasteiger partial charge on any atom is 0.119 e. The first-order valence-electron chi connectivity index (χ1n) is 7.60. The van der Waals surface area contributed by atoms with Crippen molar-refractivity contribution >= 4 is 0 Å². The van der Waals surface area contributed by atoms with E-state index in [2.05, 4.69) is 5.32 Å². The summed E-state index contributed by atoms with van der Waals surface area (Å²) >= 11 is 0. The van der Waals surface area contributed by atoms with Crippen LogP contribution in [0.25, 0.3) is 0 Å². The summed E-state index contributed by atoms with van der Waals surface area (Å²) in [6, 6.07) is 9.69. The smallest absolute Gasteiger partial charge is 0.119 e. The van der Waals surface area contributed by atoms with Gasteiger partial charge in [0, 0.05) is 19.7 Å². The van der Waals surface area contributed by atoms with Gasteiger partial charge in [0.1, 0.15) is 12.4 Å². The molecule has 1 aliphatic rings. The van der Waals surface area contributed by atoms with Crippen molar-refractivity contribution in [2.24, 2.45) is 0 Å². The van der Waals surface area contributed by atoms with Crippen molar-refractivity contribution in [3.05, 3.63) is 30.3 Å². The Hall–Kier alpha value is -1.14. The van der Waals surface area contributed by atoms with Crippen LogP contribution in [0.15, 0.2) is 30.3 Å². The largest absolute Gasteiger partial charge is 0.492 e. The number of para-hydroxylation sites is 1. The molecule has 5 nitrogen and oxygen atoms in total. The third-order valence-electron chi connectivity index (χ3n) is 3.31. The van der Waals surface area contributed by atoms with Gasteiger partial charge in [-0.15, -0.1) is 0 Å². The average Bonchev–Trinajstić information content (AvgIpc) is 3.01. The Morgan fingerprint density at radius 3 is 2.95 bits per heavy atom. The number of rotatable bonds is 10. The molecular formula is C16H25NO4. The van der Waals surface area contributed by atoms with Crippen LogP contribution in [-0.4, -0.2) is 56.8 Å². The van der Waals surface area contributed by atoms with Crippen molar-refractivity contribution in [2.45, 2.75) is 25.0 Å². The predicted molar refractivity (Wildman–Crippen MR) is 80.6 cm³/mol. The molecule has 1 fully saturated rings. The molecule has 0 spiro atoms. The Labute approximate surface area is 126 Å². The normalized spacial score (nSPS) is 19.6. The SMILES string of the molecule is OC(CNCCOc1ccccc1)COCC1CCCO1. The van der Waals surface area contributed by atoms with Crippen LogP contribution >= 0.6 is 0 Å².